The largest absolute Gasteiger partial charge is 0.378 e. The van der Waals surface area contributed by atoms with Crippen molar-refractivity contribution in [3.63, 3.8) is 0 Å². The van der Waals surface area contributed by atoms with Crippen LogP contribution in [0.1, 0.15) is 40.0 Å². The van der Waals surface area contributed by atoms with Crippen molar-refractivity contribution in [1.82, 2.24) is 10.6 Å². The van der Waals surface area contributed by atoms with Crippen LogP contribution in [-0.2, 0) is 4.74 Å². The number of guanidine groups is 1. The van der Waals surface area contributed by atoms with Gasteiger partial charge in [-0.25, -0.2) is 0 Å². The van der Waals surface area contributed by atoms with Crippen LogP contribution in [0.3, 0.4) is 0 Å². The number of hydrogen-bond donors (Lipinski definition) is 2. The van der Waals surface area contributed by atoms with E-state index in [0.29, 0.717) is 6.04 Å². The van der Waals surface area contributed by atoms with Gasteiger partial charge in [0.15, 0.2) is 5.96 Å². The predicted octanol–water partition coefficient (Wildman–Crippen LogP) is 2.87. The molecule has 1 aliphatic carbocycles. The lowest BCUT2D eigenvalue weighted by molar-refractivity contribution is -0.176. The molecule has 1 heterocycles. The smallest absolute Gasteiger partial charge is 0.191 e. The highest BCUT2D eigenvalue weighted by Gasteiger charge is 2.58. The van der Waals surface area contributed by atoms with E-state index in [1.165, 1.54) is 18.6 Å². The number of halogens is 1. The summed E-state index contributed by atoms with van der Waals surface area (Å²) in [4.78, 5) is 4.35. The van der Waals surface area contributed by atoms with Gasteiger partial charge in [0.2, 0.25) is 0 Å². The Morgan fingerprint density at radius 3 is 2.57 bits per heavy atom. The fourth-order valence-electron chi connectivity index (χ4n) is 3.10. The number of thioether (sulfide) groups is 1. The van der Waals surface area contributed by atoms with Gasteiger partial charge >= 0.3 is 0 Å². The first-order valence-electron chi connectivity index (χ1n) is 7.57. The molecule has 1 saturated carbocycles. The van der Waals surface area contributed by atoms with E-state index in [4.69, 9.17) is 4.74 Å². The molecule has 0 bridgehead atoms. The van der Waals surface area contributed by atoms with Crippen molar-refractivity contribution in [3.05, 3.63) is 0 Å². The molecular weight excluding hydrogens is 397 g/mol. The lowest BCUT2D eigenvalue weighted by Crippen LogP contribution is -2.69. The van der Waals surface area contributed by atoms with E-state index >= 15 is 0 Å². The van der Waals surface area contributed by atoms with E-state index in [2.05, 4.69) is 48.2 Å². The van der Waals surface area contributed by atoms with Gasteiger partial charge in [0.1, 0.15) is 0 Å². The molecule has 0 amide bonds. The number of hydrogen-bond acceptors (Lipinski definition) is 3. The van der Waals surface area contributed by atoms with Crippen molar-refractivity contribution in [2.45, 2.75) is 56.9 Å². The van der Waals surface area contributed by atoms with Crippen LogP contribution in [0.15, 0.2) is 4.99 Å². The average molecular weight is 427 g/mol. The van der Waals surface area contributed by atoms with Gasteiger partial charge in [0, 0.05) is 37.4 Å². The maximum atomic E-state index is 5.67. The topological polar surface area (TPSA) is 45.7 Å². The van der Waals surface area contributed by atoms with Crippen molar-refractivity contribution in [2.24, 2.45) is 10.4 Å². The van der Waals surface area contributed by atoms with E-state index in [-0.39, 0.29) is 35.0 Å². The minimum absolute atomic E-state index is 0. The average Bonchev–Trinajstić information content (AvgIpc) is 2.95. The van der Waals surface area contributed by atoms with Crippen molar-refractivity contribution < 1.29 is 4.74 Å². The second kappa shape index (κ2) is 7.73. The summed E-state index contributed by atoms with van der Waals surface area (Å²) in [6.45, 7) is 7.73. The minimum Gasteiger partial charge on any atom is -0.378 e. The lowest BCUT2D eigenvalue weighted by atomic mass is 9.56. The Morgan fingerprint density at radius 2 is 2.10 bits per heavy atom. The molecule has 0 spiro atoms. The second-order valence-corrected chi connectivity index (χ2v) is 8.05. The zero-order valence-electron chi connectivity index (χ0n) is 13.9. The molecule has 2 rings (SSSR count). The van der Waals surface area contributed by atoms with Crippen molar-refractivity contribution in [2.75, 3.05) is 26.5 Å². The third kappa shape index (κ3) is 3.99. The summed E-state index contributed by atoms with van der Waals surface area (Å²) in [6, 6.07) is 0.412. The number of nitrogens with zero attached hydrogens (tertiary/aromatic N) is 1. The van der Waals surface area contributed by atoms with Crippen LogP contribution < -0.4 is 10.6 Å². The van der Waals surface area contributed by atoms with Crippen LogP contribution in [-0.4, -0.2) is 49.3 Å². The van der Waals surface area contributed by atoms with E-state index in [9.17, 15) is 0 Å². The van der Waals surface area contributed by atoms with Crippen LogP contribution in [0.25, 0.3) is 0 Å². The highest BCUT2D eigenvalue weighted by molar-refractivity contribution is 14.0. The standard InChI is InChI=1S/C15H29N3OS.HI/c1-14(2)12(9-15(14,3)19-5)18-13(16-4)17-10-11-7-6-8-20-11;/h11-12H,6-10H2,1-5H3,(H2,16,17,18);1H. The molecule has 3 atom stereocenters. The molecule has 2 fully saturated rings. The summed E-state index contributed by atoms with van der Waals surface area (Å²) in [5.74, 6) is 2.23. The van der Waals surface area contributed by atoms with Gasteiger partial charge in [-0.3, -0.25) is 4.99 Å². The van der Waals surface area contributed by atoms with E-state index < -0.39 is 0 Å². The Hall–Kier alpha value is 0.310. The number of nitrogens with one attached hydrogen (secondary N) is 2. The molecule has 0 aromatic carbocycles. The first kappa shape index (κ1) is 19.4. The van der Waals surface area contributed by atoms with Crippen molar-refractivity contribution in [1.29, 1.82) is 0 Å². The first-order valence-corrected chi connectivity index (χ1v) is 8.62. The molecular formula is C15H30IN3OS. The second-order valence-electron chi connectivity index (χ2n) is 6.65. The summed E-state index contributed by atoms with van der Waals surface area (Å²) < 4.78 is 5.67. The Morgan fingerprint density at radius 1 is 1.38 bits per heavy atom. The van der Waals surface area contributed by atoms with Gasteiger partial charge in [-0.05, 0) is 31.9 Å². The van der Waals surface area contributed by atoms with E-state index in [0.717, 1.165) is 24.2 Å². The molecule has 6 heteroatoms. The van der Waals surface area contributed by atoms with E-state index in [1.807, 2.05) is 14.2 Å². The summed E-state index contributed by atoms with van der Waals surface area (Å²) in [7, 11) is 3.65. The van der Waals surface area contributed by atoms with Gasteiger partial charge in [0.25, 0.3) is 0 Å². The van der Waals surface area contributed by atoms with Gasteiger partial charge in [0.05, 0.1) is 5.60 Å². The quantitative estimate of drug-likeness (QED) is 0.412. The highest BCUT2D eigenvalue weighted by atomic mass is 127. The number of ether oxygens (including phenoxy) is 1. The van der Waals surface area contributed by atoms with Crippen LogP contribution in [0, 0.1) is 5.41 Å². The number of methoxy groups -OCH3 is 1. The zero-order valence-corrected chi connectivity index (χ0v) is 17.0. The van der Waals surface area contributed by atoms with Crippen molar-refractivity contribution >= 4 is 41.7 Å². The third-order valence-electron chi connectivity index (χ3n) is 5.33. The van der Waals surface area contributed by atoms with Crippen LogP contribution in [0.5, 0.6) is 0 Å². The Kier molecular flexibility index (Phi) is 7.12. The normalized spacial score (nSPS) is 34.8. The third-order valence-corrected chi connectivity index (χ3v) is 6.73. The maximum absolute atomic E-state index is 5.67. The zero-order chi connectivity index (χ0) is 14.8. The van der Waals surface area contributed by atoms with Gasteiger partial charge in [-0.2, -0.15) is 11.8 Å². The molecule has 21 heavy (non-hydrogen) atoms. The Bertz CT molecular complexity index is 372. The monoisotopic (exact) mass is 427 g/mol. The van der Waals surface area contributed by atoms with Crippen LogP contribution in [0.4, 0.5) is 0 Å². The molecule has 2 aliphatic rings. The SMILES string of the molecule is CN=C(NCC1CCCS1)NC1CC(C)(OC)C1(C)C.I. The molecule has 3 unspecified atom stereocenters. The van der Waals surface area contributed by atoms with Crippen LogP contribution >= 0.6 is 35.7 Å². The molecule has 2 N–H and O–H groups in total. The first-order chi connectivity index (χ1) is 9.43. The molecule has 0 aromatic rings. The lowest BCUT2D eigenvalue weighted by Gasteiger charge is -2.59. The molecule has 4 nitrogen and oxygen atoms in total. The van der Waals surface area contributed by atoms with Gasteiger partial charge in [-0.1, -0.05) is 13.8 Å². The summed E-state index contributed by atoms with van der Waals surface area (Å²) in [6.07, 6.45) is 3.70. The summed E-state index contributed by atoms with van der Waals surface area (Å²) in [5.41, 5.74) is 0.0757. The molecule has 124 valence electrons. The highest BCUT2D eigenvalue weighted by Crippen LogP contribution is 2.51. The number of rotatable bonds is 4. The predicted molar refractivity (Wildman–Crippen MR) is 103 cm³/mol. The Balaban J connectivity index is 0.00000220. The Labute approximate surface area is 150 Å². The summed E-state index contributed by atoms with van der Waals surface area (Å²) in [5, 5.41) is 7.77. The van der Waals surface area contributed by atoms with E-state index in [1.54, 1.807) is 0 Å². The summed E-state index contributed by atoms with van der Waals surface area (Å²) >= 11 is 2.07. The molecule has 1 saturated heterocycles. The maximum Gasteiger partial charge on any atom is 0.191 e. The van der Waals surface area contributed by atoms with Crippen LogP contribution in [0.2, 0.25) is 0 Å². The molecule has 1 aliphatic heterocycles. The minimum atomic E-state index is -0.0369. The van der Waals surface area contributed by atoms with Gasteiger partial charge in [-0.15, -0.1) is 24.0 Å². The number of aliphatic imine (C=N–C) groups is 1. The van der Waals surface area contributed by atoms with Crippen molar-refractivity contribution in [3.8, 4) is 0 Å². The molecule has 0 aromatic heterocycles. The molecule has 0 radical (unpaired) electrons. The van der Waals surface area contributed by atoms with Gasteiger partial charge < -0.3 is 15.4 Å². The fraction of sp³-hybridized carbons (Fsp3) is 0.933. The fourth-order valence-corrected chi connectivity index (χ4v) is 4.30.